The molecule has 110 valence electrons. The summed E-state index contributed by atoms with van der Waals surface area (Å²) >= 11 is 0. The molecule has 0 aliphatic carbocycles. The summed E-state index contributed by atoms with van der Waals surface area (Å²) in [5, 5.41) is 0. The molecule has 0 bridgehead atoms. The summed E-state index contributed by atoms with van der Waals surface area (Å²) in [6.45, 7) is 2.49. The smallest absolute Gasteiger partial charge is 0.211 e. The molecule has 0 atom stereocenters. The first kappa shape index (κ1) is 14.1. The van der Waals surface area contributed by atoms with Crippen LogP contribution in [-0.4, -0.2) is 30.3 Å². The highest BCUT2D eigenvalue weighted by molar-refractivity contribution is 5.94. The number of likely N-dealkylation sites (tertiary alicyclic amines) is 1. The highest BCUT2D eigenvalue weighted by Crippen LogP contribution is 2.21. The first-order chi connectivity index (χ1) is 10.3. The minimum Gasteiger partial charge on any atom is -0.461 e. The second-order valence-corrected chi connectivity index (χ2v) is 5.81. The topological polar surface area (TPSA) is 33.5 Å². The number of carbonyl (C=O) groups excluding carboxylic acids is 1. The molecule has 0 unspecified atom stereocenters. The van der Waals surface area contributed by atoms with E-state index in [4.69, 9.17) is 4.42 Å². The highest BCUT2D eigenvalue weighted by Gasteiger charge is 2.22. The maximum atomic E-state index is 12.0. The summed E-state index contributed by atoms with van der Waals surface area (Å²) in [5.41, 5.74) is 1.42. The van der Waals surface area contributed by atoms with Crippen molar-refractivity contribution in [3.8, 4) is 0 Å². The lowest BCUT2D eigenvalue weighted by Gasteiger charge is -2.31. The molecule has 0 spiro atoms. The lowest BCUT2D eigenvalue weighted by Crippen LogP contribution is -2.37. The molecule has 0 amide bonds. The van der Waals surface area contributed by atoms with Crippen molar-refractivity contribution in [2.45, 2.75) is 19.3 Å². The standard InChI is InChI=1S/C18H21NO2/c20-17(18-7-4-12-21-18)14-19-10-8-16(9-11-19)13-15-5-2-1-3-6-15/h1-7,12,16H,8-11,13-14H2. The number of piperidine rings is 1. The van der Waals surface area contributed by atoms with E-state index in [0.29, 0.717) is 12.3 Å². The summed E-state index contributed by atoms with van der Waals surface area (Å²) in [6.07, 6.45) is 5.04. The van der Waals surface area contributed by atoms with Crippen molar-refractivity contribution >= 4 is 5.78 Å². The van der Waals surface area contributed by atoms with Gasteiger partial charge in [0.2, 0.25) is 5.78 Å². The zero-order valence-electron chi connectivity index (χ0n) is 12.2. The minimum absolute atomic E-state index is 0.0847. The van der Waals surface area contributed by atoms with Crippen molar-refractivity contribution in [1.29, 1.82) is 0 Å². The molecule has 1 aliphatic rings. The van der Waals surface area contributed by atoms with Crippen LogP contribution < -0.4 is 0 Å². The normalized spacial score (nSPS) is 17.0. The number of hydrogen-bond donors (Lipinski definition) is 0. The molecule has 1 aliphatic heterocycles. The van der Waals surface area contributed by atoms with Crippen LogP contribution in [0.25, 0.3) is 0 Å². The Morgan fingerprint density at radius 3 is 2.52 bits per heavy atom. The zero-order chi connectivity index (χ0) is 14.5. The van der Waals surface area contributed by atoms with Crippen LogP contribution in [0.15, 0.2) is 53.1 Å². The predicted molar refractivity (Wildman–Crippen MR) is 82.3 cm³/mol. The van der Waals surface area contributed by atoms with Gasteiger partial charge in [0.1, 0.15) is 0 Å². The molecule has 2 aromatic rings. The van der Waals surface area contributed by atoms with Crippen LogP contribution >= 0.6 is 0 Å². The molecule has 0 radical (unpaired) electrons. The van der Waals surface area contributed by atoms with Gasteiger partial charge in [0.15, 0.2) is 5.76 Å². The number of nitrogens with zero attached hydrogens (tertiary/aromatic N) is 1. The third kappa shape index (κ3) is 3.82. The van der Waals surface area contributed by atoms with Crippen molar-refractivity contribution < 1.29 is 9.21 Å². The Bertz CT molecular complexity index is 554. The molecule has 2 heterocycles. The van der Waals surface area contributed by atoms with Crippen molar-refractivity contribution in [2.24, 2.45) is 5.92 Å². The van der Waals surface area contributed by atoms with Gasteiger partial charge in [-0.05, 0) is 56.0 Å². The average Bonchev–Trinajstić information content (AvgIpc) is 3.05. The molecule has 3 heteroatoms. The Hall–Kier alpha value is -1.87. The number of ketones is 1. The molecule has 3 nitrogen and oxygen atoms in total. The largest absolute Gasteiger partial charge is 0.461 e. The molecular formula is C18H21NO2. The van der Waals surface area contributed by atoms with Gasteiger partial charge in [-0.25, -0.2) is 0 Å². The number of benzene rings is 1. The Labute approximate surface area is 125 Å². The van der Waals surface area contributed by atoms with E-state index < -0.39 is 0 Å². The number of hydrogen-bond acceptors (Lipinski definition) is 3. The van der Waals surface area contributed by atoms with E-state index in [1.165, 1.54) is 18.4 Å². The van der Waals surface area contributed by atoms with Gasteiger partial charge in [-0.2, -0.15) is 0 Å². The van der Waals surface area contributed by atoms with Gasteiger partial charge in [-0.3, -0.25) is 9.69 Å². The van der Waals surface area contributed by atoms with E-state index >= 15 is 0 Å². The quantitative estimate of drug-likeness (QED) is 0.788. The molecule has 1 aromatic carbocycles. The summed E-state index contributed by atoms with van der Waals surface area (Å²) in [5.74, 6) is 1.30. The van der Waals surface area contributed by atoms with E-state index in [0.717, 1.165) is 25.4 Å². The molecule has 21 heavy (non-hydrogen) atoms. The second-order valence-electron chi connectivity index (χ2n) is 5.81. The Morgan fingerprint density at radius 1 is 1.10 bits per heavy atom. The van der Waals surface area contributed by atoms with Gasteiger partial charge in [-0.1, -0.05) is 30.3 Å². The highest BCUT2D eigenvalue weighted by atomic mass is 16.3. The van der Waals surface area contributed by atoms with Gasteiger partial charge in [0.25, 0.3) is 0 Å². The third-order valence-electron chi connectivity index (χ3n) is 4.24. The molecule has 3 rings (SSSR count). The molecule has 0 saturated carbocycles. The van der Waals surface area contributed by atoms with E-state index in [1.54, 1.807) is 18.4 Å². The summed E-state index contributed by atoms with van der Waals surface area (Å²) < 4.78 is 5.16. The maximum Gasteiger partial charge on any atom is 0.211 e. The summed E-state index contributed by atoms with van der Waals surface area (Å²) in [6, 6.07) is 14.2. The lowest BCUT2D eigenvalue weighted by atomic mass is 9.90. The van der Waals surface area contributed by atoms with Gasteiger partial charge in [0, 0.05) is 0 Å². The Kier molecular flexibility index (Phi) is 4.51. The fraction of sp³-hybridized carbons (Fsp3) is 0.389. The number of Topliss-reactive ketones (excluding diaryl/α,β-unsaturated/α-hetero) is 1. The monoisotopic (exact) mass is 283 g/mol. The van der Waals surface area contributed by atoms with Crippen LogP contribution in [0.2, 0.25) is 0 Å². The van der Waals surface area contributed by atoms with Crippen LogP contribution in [-0.2, 0) is 6.42 Å². The maximum absolute atomic E-state index is 12.0. The van der Waals surface area contributed by atoms with Gasteiger partial charge in [0.05, 0.1) is 12.8 Å². The number of carbonyl (C=O) groups is 1. The summed E-state index contributed by atoms with van der Waals surface area (Å²) in [4.78, 5) is 14.3. The fourth-order valence-electron chi connectivity index (χ4n) is 3.01. The molecule has 1 fully saturated rings. The van der Waals surface area contributed by atoms with Gasteiger partial charge in [-0.15, -0.1) is 0 Å². The number of furan rings is 1. The molecular weight excluding hydrogens is 262 g/mol. The molecule has 1 saturated heterocycles. The zero-order valence-corrected chi connectivity index (χ0v) is 12.2. The van der Waals surface area contributed by atoms with Crippen LogP contribution in [0, 0.1) is 5.92 Å². The van der Waals surface area contributed by atoms with Crippen molar-refractivity contribution in [2.75, 3.05) is 19.6 Å². The fourth-order valence-corrected chi connectivity index (χ4v) is 3.01. The molecule has 0 N–H and O–H groups in total. The Morgan fingerprint density at radius 2 is 1.86 bits per heavy atom. The van der Waals surface area contributed by atoms with Crippen molar-refractivity contribution in [1.82, 2.24) is 4.90 Å². The SMILES string of the molecule is O=C(CN1CCC(Cc2ccccc2)CC1)c1ccco1. The second kappa shape index (κ2) is 6.72. The van der Waals surface area contributed by atoms with E-state index in [9.17, 15) is 4.79 Å². The van der Waals surface area contributed by atoms with Crippen molar-refractivity contribution in [3.05, 3.63) is 60.1 Å². The van der Waals surface area contributed by atoms with Crippen LogP contribution in [0.5, 0.6) is 0 Å². The lowest BCUT2D eigenvalue weighted by molar-refractivity contribution is 0.0868. The van der Waals surface area contributed by atoms with Gasteiger partial charge < -0.3 is 4.42 Å². The van der Waals surface area contributed by atoms with Crippen molar-refractivity contribution in [3.63, 3.8) is 0 Å². The number of rotatable bonds is 5. The van der Waals surface area contributed by atoms with E-state index in [2.05, 4.69) is 35.2 Å². The first-order valence-electron chi connectivity index (χ1n) is 7.64. The minimum atomic E-state index is 0.0847. The van der Waals surface area contributed by atoms with Crippen LogP contribution in [0.3, 0.4) is 0 Å². The van der Waals surface area contributed by atoms with E-state index in [-0.39, 0.29) is 5.78 Å². The van der Waals surface area contributed by atoms with Gasteiger partial charge >= 0.3 is 0 Å². The first-order valence-corrected chi connectivity index (χ1v) is 7.64. The predicted octanol–water partition coefficient (Wildman–Crippen LogP) is 3.42. The molecule has 1 aromatic heterocycles. The van der Waals surface area contributed by atoms with Crippen LogP contribution in [0.4, 0.5) is 0 Å². The Balaban J connectivity index is 1.46. The van der Waals surface area contributed by atoms with Crippen LogP contribution in [0.1, 0.15) is 29.0 Å². The average molecular weight is 283 g/mol. The van der Waals surface area contributed by atoms with E-state index in [1.807, 2.05) is 0 Å². The summed E-state index contributed by atoms with van der Waals surface area (Å²) in [7, 11) is 0. The third-order valence-corrected chi connectivity index (χ3v) is 4.24.